The molecule has 68 valence electrons. The van der Waals surface area contributed by atoms with Gasteiger partial charge in [-0.05, 0) is 23.3 Å². The molecule has 0 fully saturated rings. The third kappa shape index (κ3) is 1.42. The van der Waals surface area contributed by atoms with Gasteiger partial charge in [0.05, 0.1) is 12.6 Å². The summed E-state index contributed by atoms with van der Waals surface area (Å²) in [6, 6.07) is 5.15. The quantitative estimate of drug-likeness (QED) is 0.680. The van der Waals surface area contributed by atoms with Gasteiger partial charge in [0.25, 0.3) is 0 Å². The second kappa shape index (κ2) is 3.18. The molecule has 1 unspecified atom stereocenters. The van der Waals surface area contributed by atoms with E-state index in [9.17, 15) is 4.79 Å². The molecule has 0 saturated heterocycles. The van der Waals surface area contributed by atoms with E-state index in [1.807, 2.05) is 18.2 Å². The van der Waals surface area contributed by atoms with Gasteiger partial charge < -0.3 is 15.3 Å². The lowest BCUT2D eigenvalue weighted by molar-refractivity contribution is -0.109. The normalized spacial score (nSPS) is 16.1. The van der Waals surface area contributed by atoms with Crippen LogP contribution in [0.4, 0.5) is 0 Å². The predicted octanol–water partition coefficient (Wildman–Crippen LogP) is 0.820. The summed E-state index contributed by atoms with van der Waals surface area (Å²) >= 11 is 0. The number of aldehydes is 1. The van der Waals surface area contributed by atoms with Crippen LogP contribution >= 0.6 is 0 Å². The van der Waals surface area contributed by atoms with Crippen LogP contribution in [0, 0.1) is 0 Å². The first-order valence-corrected chi connectivity index (χ1v) is 4.28. The van der Waals surface area contributed by atoms with Crippen LogP contribution in [-0.2, 0) is 11.2 Å². The molecule has 0 bridgehead atoms. The monoisotopic (exact) mass is 177 g/mol. The van der Waals surface area contributed by atoms with Gasteiger partial charge >= 0.3 is 0 Å². The maximum Gasteiger partial charge on any atom is 0.141 e. The highest BCUT2D eigenvalue weighted by atomic mass is 16.5. The Bertz CT molecular complexity index is 336. The highest BCUT2D eigenvalue weighted by Crippen LogP contribution is 2.27. The SMILES string of the molecule is NC(C=O)c1ccc2c(c1)CCO2. The molecule has 13 heavy (non-hydrogen) atoms. The van der Waals surface area contributed by atoms with Gasteiger partial charge in [0.1, 0.15) is 12.0 Å². The molecule has 1 atom stereocenters. The Labute approximate surface area is 76.5 Å². The largest absolute Gasteiger partial charge is 0.493 e. The molecular weight excluding hydrogens is 166 g/mol. The van der Waals surface area contributed by atoms with Crippen molar-refractivity contribution in [1.82, 2.24) is 0 Å². The molecule has 2 rings (SSSR count). The van der Waals surface area contributed by atoms with E-state index in [-0.39, 0.29) is 0 Å². The average Bonchev–Trinajstić information content (AvgIpc) is 2.63. The van der Waals surface area contributed by atoms with Crippen molar-refractivity contribution >= 4 is 6.29 Å². The van der Waals surface area contributed by atoms with Crippen LogP contribution in [0.1, 0.15) is 17.2 Å². The van der Waals surface area contributed by atoms with Gasteiger partial charge in [0.15, 0.2) is 0 Å². The highest BCUT2D eigenvalue weighted by Gasteiger charge is 2.13. The Morgan fingerprint density at radius 1 is 1.54 bits per heavy atom. The van der Waals surface area contributed by atoms with E-state index in [2.05, 4.69) is 0 Å². The lowest BCUT2D eigenvalue weighted by atomic mass is 10.0. The smallest absolute Gasteiger partial charge is 0.141 e. The minimum Gasteiger partial charge on any atom is -0.493 e. The third-order valence-electron chi connectivity index (χ3n) is 2.25. The molecule has 0 amide bonds. The van der Waals surface area contributed by atoms with Crippen molar-refractivity contribution in [2.24, 2.45) is 5.73 Å². The van der Waals surface area contributed by atoms with Crippen molar-refractivity contribution in [1.29, 1.82) is 0 Å². The number of fused-ring (bicyclic) bond motifs is 1. The topological polar surface area (TPSA) is 52.3 Å². The number of carbonyl (C=O) groups is 1. The molecule has 0 radical (unpaired) electrons. The molecule has 0 aromatic heterocycles. The molecule has 1 aliphatic rings. The van der Waals surface area contributed by atoms with Gasteiger partial charge in [-0.1, -0.05) is 6.07 Å². The summed E-state index contributed by atoms with van der Waals surface area (Å²) in [6.45, 7) is 0.731. The first kappa shape index (κ1) is 8.26. The molecule has 1 aliphatic heterocycles. The van der Waals surface area contributed by atoms with Gasteiger partial charge in [0.2, 0.25) is 0 Å². The van der Waals surface area contributed by atoms with Crippen LogP contribution in [0.15, 0.2) is 18.2 Å². The summed E-state index contributed by atoms with van der Waals surface area (Å²) in [5.41, 5.74) is 7.59. The fraction of sp³-hybridized carbons (Fsp3) is 0.300. The fourth-order valence-electron chi connectivity index (χ4n) is 1.49. The van der Waals surface area contributed by atoms with Gasteiger partial charge in [-0.15, -0.1) is 0 Å². The van der Waals surface area contributed by atoms with Crippen LogP contribution in [0.2, 0.25) is 0 Å². The summed E-state index contributed by atoms with van der Waals surface area (Å²) in [7, 11) is 0. The summed E-state index contributed by atoms with van der Waals surface area (Å²) in [5, 5.41) is 0. The van der Waals surface area contributed by atoms with Gasteiger partial charge in [0, 0.05) is 6.42 Å². The van der Waals surface area contributed by atoms with E-state index < -0.39 is 6.04 Å². The summed E-state index contributed by atoms with van der Waals surface area (Å²) in [5.74, 6) is 0.918. The van der Waals surface area contributed by atoms with Crippen molar-refractivity contribution in [2.75, 3.05) is 6.61 Å². The summed E-state index contributed by atoms with van der Waals surface area (Å²) in [6.07, 6.45) is 1.66. The summed E-state index contributed by atoms with van der Waals surface area (Å²) < 4.78 is 5.34. The van der Waals surface area contributed by atoms with E-state index in [0.29, 0.717) is 0 Å². The van der Waals surface area contributed by atoms with Crippen LogP contribution < -0.4 is 10.5 Å². The van der Waals surface area contributed by atoms with E-state index in [1.54, 1.807) is 0 Å². The molecule has 0 aliphatic carbocycles. The van der Waals surface area contributed by atoms with Crippen LogP contribution in [-0.4, -0.2) is 12.9 Å². The molecular formula is C10H11NO2. The van der Waals surface area contributed by atoms with Crippen LogP contribution in [0.25, 0.3) is 0 Å². The van der Waals surface area contributed by atoms with E-state index in [4.69, 9.17) is 10.5 Å². The Hall–Kier alpha value is -1.35. The average molecular weight is 177 g/mol. The minimum atomic E-state index is -0.508. The third-order valence-corrected chi connectivity index (χ3v) is 2.25. The molecule has 1 aromatic rings. The number of hydrogen-bond donors (Lipinski definition) is 1. The maximum absolute atomic E-state index is 10.4. The van der Waals surface area contributed by atoms with Gasteiger partial charge in [-0.25, -0.2) is 0 Å². The zero-order valence-electron chi connectivity index (χ0n) is 7.19. The lowest BCUT2D eigenvalue weighted by Crippen LogP contribution is -2.11. The second-order valence-electron chi connectivity index (χ2n) is 3.13. The first-order chi connectivity index (χ1) is 6.31. The first-order valence-electron chi connectivity index (χ1n) is 4.28. The Balaban J connectivity index is 2.35. The zero-order valence-corrected chi connectivity index (χ0v) is 7.19. The van der Waals surface area contributed by atoms with E-state index in [1.165, 1.54) is 0 Å². The molecule has 1 aromatic carbocycles. The molecule has 3 heteroatoms. The Kier molecular flexibility index (Phi) is 2.02. The Morgan fingerprint density at radius 2 is 2.38 bits per heavy atom. The zero-order chi connectivity index (χ0) is 9.26. The van der Waals surface area contributed by atoms with Crippen molar-refractivity contribution in [3.63, 3.8) is 0 Å². The predicted molar refractivity (Wildman–Crippen MR) is 48.6 cm³/mol. The number of ether oxygens (including phenoxy) is 1. The molecule has 3 nitrogen and oxygen atoms in total. The molecule has 1 heterocycles. The van der Waals surface area contributed by atoms with E-state index in [0.717, 1.165) is 36.2 Å². The van der Waals surface area contributed by atoms with Gasteiger partial charge in [-0.2, -0.15) is 0 Å². The van der Waals surface area contributed by atoms with Crippen molar-refractivity contribution < 1.29 is 9.53 Å². The highest BCUT2D eigenvalue weighted by molar-refractivity contribution is 5.61. The van der Waals surface area contributed by atoms with Crippen LogP contribution in [0.3, 0.4) is 0 Å². The standard InChI is InChI=1S/C10H11NO2/c11-9(6-12)7-1-2-10-8(5-7)3-4-13-10/h1-2,5-6,9H,3-4,11H2. The van der Waals surface area contributed by atoms with Crippen molar-refractivity contribution in [2.45, 2.75) is 12.5 Å². The number of hydrogen-bond acceptors (Lipinski definition) is 3. The van der Waals surface area contributed by atoms with Crippen molar-refractivity contribution in [3.8, 4) is 5.75 Å². The maximum atomic E-state index is 10.4. The lowest BCUT2D eigenvalue weighted by Gasteiger charge is -2.05. The fourth-order valence-corrected chi connectivity index (χ4v) is 1.49. The minimum absolute atomic E-state index is 0.508. The molecule has 2 N–H and O–H groups in total. The van der Waals surface area contributed by atoms with Gasteiger partial charge in [-0.3, -0.25) is 0 Å². The van der Waals surface area contributed by atoms with Crippen molar-refractivity contribution in [3.05, 3.63) is 29.3 Å². The number of nitrogens with two attached hydrogens (primary N) is 1. The van der Waals surface area contributed by atoms with E-state index >= 15 is 0 Å². The second-order valence-corrected chi connectivity index (χ2v) is 3.13. The number of rotatable bonds is 2. The number of benzene rings is 1. The molecule has 0 spiro atoms. The van der Waals surface area contributed by atoms with Crippen LogP contribution in [0.5, 0.6) is 5.75 Å². The number of carbonyl (C=O) groups excluding carboxylic acids is 1. The summed E-state index contributed by atoms with van der Waals surface area (Å²) in [4.78, 5) is 10.4. The molecule has 0 saturated carbocycles. The Morgan fingerprint density at radius 3 is 3.15 bits per heavy atom.